The Morgan fingerprint density at radius 2 is 2.16 bits per heavy atom. The van der Waals surface area contributed by atoms with E-state index in [0.29, 0.717) is 34.5 Å². The molecule has 1 aromatic heterocycles. The summed E-state index contributed by atoms with van der Waals surface area (Å²) in [4.78, 5) is 30.1. The number of amides is 2. The second-order valence-electron chi connectivity index (χ2n) is 5.41. The summed E-state index contributed by atoms with van der Waals surface area (Å²) >= 11 is 14.8. The molecule has 0 bridgehead atoms. The van der Waals surface area contributed by atoms with Crippen molar-refractivity contribution in [2.45, 2.75) is 13.0 Å². The summed E-state index contributed by atoms with van der Waals surface area (Å²) in [5, 5.41) is 3.07. The lowest BCUT2D eigenvalue weighted by molar-refractivity contribution is -0.118. The number of carbonyl (C=O) groups is 2. The molecule has 0 radical (unpaired) electrons. The van der Waals surface area contributed by atoms with E-state index in [-0.39, 0.29) is 17.6 Å². The van der Waals surface area contributed by atoms with E-state index in [0.717, 1.165) is 11.3 Å². The van der Waals surface area contributed by atoms with Crippen LogP contribution in [0.4, 0.5) is 4.79 Å². The standard InChI is InChI=1S/C16H15Cl2N3O2S2/c17-12-2-1-11(13(18)9-12)10-21-6-7-24-15(21)19-14(22)3-4-20-5-8-25-16(20)23/h1-2,6-7,9H,3-5,8,10H2. The number of carbonyl (C=O) groups excluding carboxylic acids is 2. The molecule has 2 amide bonds. The lowest BCUT2D eigenvalue weighted by Gasteiger charge is -2.12. The van der Waals surface area contributed by atoms with Crippen molar-refractivity contribution >= 4 is 57.4 Å². The Morgan fingerprint density at radius 1 is 1.32 bits per heavy atom. The van der Waals surface area contributed by atoms with Crippen LogP contribution in [0.1, 0.15) is 12.0 Å². The molecule has 0 atom stereocenters. The predicted octanol–water partition coefficient (Wildman–Crippen LogP) is 3.89. The van der Waals surface area contributed by atoms with E-state index in [9.17, 15) is 9.59 Å². The van der Waals surface area contributed by atoms with Crippen LogP contribution >= 0.6 is 46.3 Å². The molecule has 9 heteroatoms. The summed E-state index contributed by atoms with van der Waals surface area (Å²) in [5.41, 5.74) is 0.901. The zero-order valence-electron chi connectivity index (χ0n) is 13.2. The number of benzene rings is 1. The van der Waals surface area contributed by atoms with Gasteiger partial charge in [0, 0.05) is 46.9 Å². The van der Waals surface area contributed by atoms with E-state index in [1.165, 1.54) is 23.1 Å². The van der Waals surface area contributed by atoms with Crippen molar-refractivity contribution in [1.29, 1.82) is 0 Å². The maximum atomic E-state index is 12.1. The van der Waals surface area contributed by atoms with Crippen LogP contribution in [-0.4, -0.2) is 39.5 Å². The highest BCUT2D eigenvalue weighted by Crippen LogP contribution is 2.21. The van der Waals surface area contributed by atoms with Crippen molar-refractivity contribution in [2.75, 3.05) is 18.8 Å². The molecule has 1 aliphatic heterocycles. The second kappa shape index (κ2) is 8.40. The van der Waals surface area contributed by atoms with Gasteiger partial charge in [-0.05, 0) is 17.7 Å². The quantitative estimate of drug-likeness (QED) is 0.743. The molecule has 1 fully saturated rings. The SMILES string of the molecule is O=C(CCN1CCSC1=O)N=c1sccn1Cc1ccc(Cl)cc1Cl. The maximum Gasteiger partial charge on any atom is 0.281 e. The summed E-state index contributed by atoms with van der Waals surface area (Å²) in [7, 11) is 0. The van der Waals surface area contributed by atoms with E-state index in [4.69, 9.17) is 23.2 Å². The van der Waals surface area contributed by atoms with Crippen LogP contribution in [0.5, 0.6) is 0 Å². The normalized spacial score (nSPS) is 15.2. The zero-order valence-corrected chi connectivity index (χ0v) is 16.3. The van der Waals surface area contributed by atoms with Crippen molar-refractivity contribution < 1.29 is 9.59 Å². The van der Waals surface area contributed by atoms with Crippen molar-refractivity contribution in [3.05, 3.63) is 50.2 Å². The molecule has 2 heterocycles. The number of hydrogen-bond acceptors (Lipinski definition) is 4. The topological polar surface area (TPSA) is 54.7 Å². The molecule has 0 unspecified atom stereocenters. The fourth-order valence-corrected chi connectivity index (χ4v) is 4.43. The van der Waals surface area contributed by atoms with Crippen molar-refractivity contribution in [3.8, 4) is 0 Å². The average molecular weight is 416 g/mol. The van der Waals surface area contributed by atoms with Gasteiger partial charge in [-0.25, -0.2) is 0 Å². The number of thioether (sulfide) groups is 1. The third-order valence-corrected chi connectivity index (χ3v) is 5.95. The number of nitrogens with zero attached hydrogens (tertiary/aromatic N) is 3. The van der Waals surface area contributed by atoms with Crippen molar-refractivity contribution in [1.82, 2.24) is 9.47 Å². The van der Waals surface area contributed by atoms with Gasteiger partial charge in [-0.2, -0.15) is 4.99 Å². The predicted molar refractivity (Wildman–Crippen MR) is 102 cm³/mol. The molecule has 0 aliphatic carbocycles. The van der Waals surface area contributed by atoms with Crippen LogP contribution in [0.15, 0.2) is 34.8 Å². The summed E-state index contributed by atoms with van der Waals surface area (Å²) in [6, 6.07) is 5.33. The van der Waals surface area contributed by atoms with Crippen LogP contribution in [0.25, 0.3) is 0 Å². The Hall–Kier alpha value is -1.28. The summed E-state index contributed by atoms with van der Waals surface area (Å²) in [5.74, 6) is 0.555. The van der Waals surface area contributed by atoms with Gasteiger partial charge >= 0.3 is 0 Å². The lowest BCUT2D eigenvalue weighted by atomic mass is 10.2. The number of thiazole rings is 1. The van der Waals surface area contributed by atoms with Crippen LogP contribution in [0.2, 0.25) is 10.0 Å². The monoisotopic (exact) mass is 415 g/mol. The van der Waals surface area contributed by atoms with Crippen molar-refractivity contribution in [3.63, 3.8) is 0 Å². The van der Waals surface area contributed by atoms with E-state index >= 15 is 0 Å². The highest BCUT2D eigenvalue weighted by Gasteiger charge is 2.21. The molecule has 1 aromatic carbocycles. The minimum absolute atomic E-state index is 0.0383. The van der Waals surface area contributed by atoms with Crippen molar-refractivity contribution in [2.24, 2.45) is 4.99 Å². The molecule has 0 spiro atoms. The molecule has 25 heavy (non-hydrogen) atoms. The van der Waals surface area contributed by atoms with Gasteiger partial charge in [-0.1, -0.05) is 41.0 Å². The zero-order chi connectivity index (χ0) is 17.8. The minimum Gasteiger partial charge on any atom is -0.332 e. The van der Waals surface area contributed by atoms with Gasteiger partial charge in [-0.15, -0.1) is 11.3 Å². The number of halogens is 2. The molecule has 2 aromatic rings. The number of hydrogen-bond donors (Lipinski definition) is 0. The molecule has 0 saturated carbocycles. The van der Waals surface area contributed by atoms with Crippen LogP contribution in [-0.2, 0) is 11.3 Å². The average Bonchev–Trinajstić information content (AvgIpc) is 3.17. The molecule has 5 nitrogen and oxygen atoms in total. The molecule has 1 saturated heterocycles. The second-order valence-corrected chi connectivity index (χ2v) is 8.17. The lowest BCUT2D eigenvalue weighted by Crippen LogP contribution is -2.26. The van der Waals surface area contributed by atoms with Gasteiger partial charge in [0.1, 0.15) is 0 Å². The molecule has 1 aliphatic rings. The van der Waals surface area contributed by atoms with E-state index in [2.05, 4.69) is 4.99 Å². The van der Waals surface area contributed by atoms with Gasteiger partial charge in [-0.3, -0.25) is 9.59 Å². The summed E-state index contributed by atoms with van der Waals surface area (Å²) in [6.07, 6.45) is 2.09. The molecule has 3 rings (SSSR count). The molecule has 132 valence electrons. The Bertz CT molecular complexity index is 863. The Morgan fingerprint density at radius 3 is 2.88 bits per heavy atom. The van der Waals surface area contributed by atoms with Crippen LogP contribution < -0.4 is 4.80 Å². The Kier molecular flexibility index (Phi) is 6.22. The van der Waals surface area contributed by atoms with Gasteiger partial charge < -0.3 is 9.47 Å². The fourth-order valence-electron chi connectivity index (χ4n) is 2.36. The first-order valence-electron chi connectivity index (χ1n) is 7.60. The smallest absolute Gasteiger partial charge is 0.281 e. The minimum atomic E-state index is -0.233. The third-order valence-electron chi connectivity index (χ3n) is 3.68. The van der Waals surface area contributed by atoms with Gasteiger partial charge in [0.15, 0.2) is 4.80 Å². The Balaban J connectivity index is 1.68. The molecular formula is C16H15Cl2N3O2S2. The summed E-state index contributed by atoms with van der Waals surface area (Å²) in [6.45, 7) is 1.63. The largest absolute Gasteiger partial charge is 0.332 e. The molecular weight excluding hydrogens is 401 g/mol. The van der Waals surface area contributed by atoms with Crippen LogP contribution in [0, 0.1) is 0 Å². The number of aromatic nitrogens is 1. The molecule has 0 N–H and O–H groups in total. The third kappa shape index (κ3) is 4.88. The van der Waals surface area contributed by atoms with Gasteiger partial charge in [0.25, 0.3) is 5.24 Å². The number of rotatable bonds is 5. The fraction of sp³-hybridized carbons (Fsp3) is 0.312. The van der Waals surface area contributed by atoms with E-state index < -0.39 is 0 Å². The van der Waals surface area contributed by atoms with Crippen LogP contribution in [0.3, 0.4) is 0 Å². The van der Waals surface area contributed by atoms with E-state index in [1.54, 1.807) is 17.0 Å². The van der Waals surface area contributed by atoms with E-state index in [1.807, 2.05) is 22.2 Å². The summed E-state index contributed by atoms with van der Waals surface area (Å²) < 4.78 is 1.87. The first-order valence-corrected chi connectivity index (χ1v) is 10.2. The maximum absolute atomic E-state index is 12.1. The highest BCUT2D eigenvalue weighted by molar-refractivity contribution is 8.13. The Labute approximate surface area is 163 Å². The van der Waals surface area contributed by atoms with Gasteiger partial charge in [0.2, 0.25) is 5.91 Å². The first kappa shape index (κ1) is 18.5. The van der Waals surface area contributed by atoms with Gasteiger partial charge in [0.05, 0.1) is 6.54 Å². The first-order chi connectivity index (χ1) is 12.0. The highest BCUT2D eigenvalue weighted by atomic mass is 35.5.